The number of halogens is 3. The first-order valence-corrected chi connectivity index (χ1v) is 14.1. The van der Waals surface area contributed by atoms with Crippen LogP contribution in [0.1, 0.15) is 58.2 Å². The van der Waals surface area contributed by atoms with E-state index in [-0.39, 0.29) is 86.9 Å². The molecule has 0 radical (unpaired) electrons. The maximum absolute atomic E-state index is 12.6. The van der Waals surface area contributed by atoms with E-state index >= 15 is 0 Å². The minimum atomic E-state index is -0.373. The predicted octanol–water partition coefficient (Wildman–Crippen LogP) is 8.85. The van der Waals surface area contributed by atoms with Gasteiger partial charge in [0.25, 0.3) is 0 Å². The van der Waals surface area contributed by atoms with Gasteiger partial charge in [-0.2, -0.15) is 0 Å². The summed E-state index contributed by atoms with van der Waals surface area (Å²) in [4.78, 5) is 33.8. The van der Waals surface area contributed by atoms with Crippen molar-refractivity contribution in [2.24, 2.45) is 17.8 Å². The summed E-state index contributed by atoms with van der Waals surface area (Å²) >= 11 is 0. The molecule has 3 aromatic carbocycles. The van der Waals surface area contributed by atoms with E-state index in [2.05, 4.69) is 0 Å². The quantitative estimate of drug-likeness (QED) is 0.118. The van der Waals surface area contributed by atoms with E-state index in [1.165, 1.54) is 72.8 Å². The zero-order valence-corrected chi connectivity index (χ0v) is 27.6. The Labute approximate surface area is 278 Å². The smallest absolute Gasteiger partial charge is 0.161 e. The van der Waals surface area contributed by atoms with Crippen LogP contribution < -0.4 is 0 Å². The number of ketones is 3. The van der Waals surface area contributed by atoms with Crippen LogP contribution in [0.25, 0.3) is 17.3 Å². The van der Waals surface area contributed by atoms with Crippen LogP contribution in [0.2, 0.25) is 0 Å². The number of benzene rings is 3. The normalized spacial score (nSPS) is 11.6. The van der Waals surface area contributed by atoms with E-state index in [0.717, 1.165) is 18.2 Å². The second kappa shape index (κ2) is 20.6. The molecule has 0 unspecified atom stereocenters. The standard InChI is InChI=1S/3C12H13FO2.Fe/c3*1-8(2)11(14)7-12(15)9-3-5-10(13)6-4-9;/h3*3-8,15H,1-2H3;/b3*12-7-;. The molecule has 0 heterocycles. The molecule has 3 rings (SSSR count). The number of rotatable bonds is 9. The molecule has 0 atom stereocenters. The molecule has 0 spiro atoms. The van der Waals surface area contributed by atoms with Gasteiger partial charge < -0.3 is 15.3 Å². The predicted molar refractivity (Wildman–Crippen MR) is 171 cm³/mol. The van der Waals surface area contributed by atoms with Crippen molar-refractivity contribution in [3.05, 3.63) is 125 Å². The van der Waals surface area contributed by atoms with Crippen molar-refractivity contribution < 1.29 is 59.9 Å². The van der Waals surface area contributed by atoms with Crippen LogP contribution in [-0.2, 0) is 31.5 Å². The number of aliphatic hydroxyl groups excluding tert-OH is 3. The number of hydrogen-bond acceptors (Lipinski definition) is 6. The summed E-state index contributed by atoms with van der Waals surface area (Å²) in [6, 6.07) is 16.0. The van der Waals surface area contributed by atoms with Crippen LogP contribution in [-0.4, -0.2) is 32.7 Å². The maximum Gasteiger partial charge on any atom is 0.161 e. The summed E-state index contributed by atoms with van der Waals surface area (Å²) in [6.07, 6.45) is 3.49. The summed E-state index contributed by atoms with van der Waals surface area (Å²) in [6.45, 7) is 10.5. The van der Waals surface area contributed by atoms with Gasteiger partial charge in [-0.15, -0.1) is 0 Å². The molecule has 0 fully saturated rings. The molecule has 0 saturated heterocycles. The zero-order valence-electron chi connectivity index (χ0n) is 26.4. The number of aliphatic hydroxyl groups is 3. The average molecular weight is 681 g/mol. The molecular weight excluding hydrogens is 641 g/mol. The van der Waals surface area contributed by atoms with Gasteiger partial charge in [-0.25, -0.2) is 13.2 Å². The monoisotopic (exact) mass is 680 g/mol. The van der Waals surface area contributed by atoms with Crippen LogP contribution >= 0.6 is 0 Å². The summed E-state index contributed by atoms with van der Waals surface area (Å²) < 4.78 is 37.7. The molecule has 248 valence electrons. The Balaban J connectivity index is 0.000000653. The number of hydrogen-bond donors (Lipinski definition) is 3. The molecule has 0 aromatic heterocycles. The van der Waals surface area contributed by atoms with Crippen molar-refractivity contribution in [2.45, 2.75) is 41.5 Å². The van der Waals surface area contributed by atoms with Crippen molar-refractivity contribution in [3.63, 3.8) is 0 Å². The number of carbonyl (C=O) groups excluding carboxylic acids is 3. The molecule has 10 heteroatoms. The summed E-state index contributed by atoms with van der Waals surface area (Å²) in [7, 11) is 0. The molecule has 0 bridgehead atoms. The Morgan fingerprint density at radius 1 is 0.457 bits per heavy atom. The fourth-order valence-electron chi connectivity index (χ4n) is 3.02. The van der Waals surface area contributed by atoms with Crippen molar-refractivity contribution in [3.8, 4) is 0 Å². The fourth-order valence-corrected chi connectivity index (χ4v) is 3.02. The molecule has 6 nitrogen and oxygen atoms in total. The van der Waals surface area contributed by atoms with E-state index in [4.69, 9.17) is 0 Å². The van der Waals surface area contributed by atoms with Crippen molar-refractivity contribution >= 4 is 34.6 Å². The third kappa shape index (κ3) is 15.5. The average Bonchev–Trinajstić information content (AvgIpc) is 2.98. The first-order valence-electron chi connectivity index (χ1n) is 14.1. The topological polar surface area (TPSA) is 112 Å². The minimum absolute atomic E-state index is 0. The van der Waals surface area contributed by atoms with Gasteiger partial charge in [0.1, 0.15) is 34.7 Å². The minimum Gasteiger partial charge on any atom is -0.507 e. The van der Waals surface area contributed by atoms with Gasteiger partial charge in [0.15, 0.2) is 17.3 Å². The van der Waals surface area contributed by atoms with Gasteiger partial charge in [-0.1, -0.05) is 41.5 Å². The van der Waals surface area contributed by atoms with Crippen LogP contribution in [0, 0.1) is 35.2 Å². The van der Waals surface area contributed by atoms with Crippen LogP contribution in [0.15, 0.2) is 91.0 Å². The van der Waals surface area contributed by atoms with Crippen molar-refractivity contribution in [2.75, 3.05) is 0 Å². The third-order valence-corrected chi connectivity index (χ3v) is 5.96. The molecule has 0 aliphatic heterocycles. The second-order valence-electron chi connectivity index (χ2n) is 10.8. The van der Waals surface area contributed by atoms with Gasteiger partial charge in [-0.05, 0) is 72.8 Å². The van der Waals surface area contributed by atoms with E-state index in [0.29, 0.717) is 16.7 Å². The molecule has 3 N–H and O–H groups in total. The van der Waals surface area contributed by atoms with Crippen LogP contribution in [0.5, 0.6) is 0 Å². The Morgan fingerprint density at radius 2 is 0.630 bits per heavy atom. The summed E-state index contributed by atoms with van der Waals surface area (Å²) in [5.41, 5.74) is 1.31. The third-order valence-electron chi connectivity index (χ3n) is 5.96. The van der Waals surface area contributed by atoms with Crippen molar-refractivity contribution in [1.82, 2.24) is 0 Å². The summed E-state index contributed by atoms with van der Waals surface area (Å²) in [5.74, 6) is -2.46. The van der Waals surface area contributed by atoms with Gasteiger partial charge in [0, 0.05) is 69.7 Å². The van der Waals surface area contributed by atoms with Crippen molar-refractivity contribution in [1.29, 1.82) is 0 Å². The molecule has 0 aliphatic rings. The first-order chi connectivity index (χ1) is 21.0. The Morgan fingerprint density at radius 3 is 0.783 bits per heavy atom. The maximum atomic E-state index is 12.6. The molecule has 46 heavy (non-hydrogen) atoms. The first kappa shape index (κ1) is 41.6. The van der Waals surface area contributed by atoms with E-state index in [1.807, 2.05) is 0 Å². The van der Waals surface area contributed by atoms with Crippen LogP contribution in [0.3, 0.4) is 0 Å². The molecule has 0 saturated carbocycles. The number of allylic oxidation sites excluding steroid dienone is 3. The Kier molecular flexibility index (Phi) is 18.6. The fraction of sp³-hybridized carbons (Fsp3) is 0.250. The molecule has 3 aromatic rings. The van der Waals surface area contributed by atoms with E-state index < -0.39 is 0 Å². The van der Waals surface area contributed by atoms with Crippen LogP contribution in [0.4, 0.5) is 13.2 Å². The SMILES string of the molecule is CC(C)C(=O)/C=C(\O)c1ccc(F)cc1.CC(C)C(=O)/C=C(\O)c1ccc(F)cc1.CC(C)C(=O)/C=C(\O)c1ccc(F)cc1.[Fe]. The Bertz CT molecular complexity index is 1320. The van der Waals surface area contributed by atoms with E-state index in [9.17, 15) is 42.9 Å². The molecular formula is C36H39F3FeO6. The van der Waals surface area contributed by atoms with Gasteiger partial charge in [0.2, 0.25) is 0 Å². The van der Waals surface area contributed by atoms with Gasteiger partial charge in [-0.3, -0.25) is 14.4 Å². The van der Waals surface area contributed by atoms with Gasteiger partial charge in [0.05, 0.1) is 0 Å². The number of carbonyl (C=O) groups is 3. The largest absolute Gasteiger partial charge is 0.507 e. The van der Waals surface area contributed by atoms with Gasteiger partial charge >= 0.3 is 0 Å². The molecule has 0 aliphatic carbocycles. The Hall–Kier alpha value is -4.40. The molecule has 0 amide bonds. The summed E-state index contributed by atoms with van der Waals surface area (Å²) in [5, 5.41) is 28.6. The second-order valence-corrected chi connectivity index (χ2v) is 10.8. The zero-order chi connectivity index (χ0) is 34.3. The van der Waals surface area contributed by atoms with E-state index in [1.54, 1.807) is 41.5 Å².